The SMILES string of the molecule is Cc1cccc(OCCN(C)CC(=O)Nc2cc(C)nn2-c2ccc(F)cc2)c1. The fourth-order valence-corrected chi connectivity index (χ4v) is 2.90. The first-order valence-corrected chi connectivity index (χ1v) is 9.41. The molecule has 29 heavy (non-hydrogen) atoms. The summed E-state index contributed by atoms with van der Waals surface area (Å²) in [6.45, 7) is 5.16. The molecule has 0 radical (unpaired) electrons. The molecule has 2 aromatic carbocycles. The minimum absolute atomic E-state index is 0.161. The molecule has 1 aromatic heterocycles. The van der Waals surface area contributed by atoms with Crippen LogP contribution in [-0.2, 0) is 4.79 Å². The van der Waals surface area contributed by atoms with Crippen LogP contribution in [0.2, 0.25) is 0 Å². The van der Waals surface area contributed by atoms with Crippen LogP contribution in [0.1, 0.15) is 11.3 Å². The minimum atomic E-state index is -0.322. The number of anilines is 1. The summed E-state index contributed by atoms with van der Waals surface area (Å²) in [5.41, 5.74) is 2.57. The third-order valence-electron chi connectivity index (χ3n) is 4.32. The van der Waals surface area contributed by atoms with E-state index in [1.165, 1.54) is 12.1 Å². The van der Waals surface area contributed by atoms with Gasteiger partial charge in [-0.3, -0.25) is 9.69 Å². The summed E-state index contributed by atoms with van der Waals surface area (Å²) in [6.07, 6.45) is 0. The molecule has 0 saturated heterocycles. The van der Waals surface area contributed by atoms with E-state index in [9.17, 15) is 9.18 Å². The number of carbonyl (C=O) groups is 1. The number of rotatable bonds is 8. The molecule has 1 amide bonds. The standard InChI is InChI=1S/C22H25FN4O2/c1-16-5-4-6-20(13-16)29-12-11-26(3)15-22(28)24-21-14-17(2)25-27(21)19-9-7-18(23)8-10-19/h4-10,13-14H,11-12,15H2,1-3H3,(H,24,28). The Hall–Kier alpha value is -3.19. The maximum Gasteiger partial charge on any atom is 0.239 e. The zero-order valence-electron chi connectivity index (χ0n) is 16.9. The number of halogens is 1. The third-order valence-corrected chi connectivity index (χ3v) is 4.32. The predicted molar refractivity (Wildman–Crippen MR) is 111 cm³/mol. The van der Waals surface area contributed by atoms with Crippen molar-refractivity contribution in [1.29, 1.82) is 0 Å². The van der Waals surface area contributed by atoms with Crippen LogP contribution in [0.3, 0.4) is 0 Å². The summed E-state index contributed by atoms with van der Waals surface area (Å²) < 4.78 is 20.5. The van der Waals surface area contributed by atoms with Gasteiger partial charge in [0.2, 0.25) is 5.91 Å². The first-order valence-electron chi connectivity index (χ1n) is 9.41. The van der Waals surface area contributed by atoms with Crippen molar-refractivity contribution in [2.24, 2.45) is 0 Å². The van der Waals surface area contributed by atoms with E-state index in [-0.39, 0.29) is 18.3 Å². The van der Waals surface area contributed by atoms with E-state index < -0.39 is 0 Å². The largest absolute Gasteiger partial charge is 0.492 e. The molecule has 1 N–H and O–H groups in total. The van der Waals surface area contributed by atoms with Gasteiger partial charge in [0, 0.05) is 12.6 Å². The van der Waals surface area contributed by atoms with E-state index in [0.717, 1.165) is 17.0 Å². The van der Waals surface area contributed by atoms with Crippen LogP contribution in [0.25, 0.3) is 5.69 Å². The zero-order chi connectivity index (χ0) is 20.8. The smallest absolute Gasteiger partial charge is 0.239 e. The molecule has 3 rings (SSSR count). The summed E-state index contributed by atoms with van der Waals surface area (Å²) in [4.78, 5) is 14.3. The maximum atomic E-state index is 13.2. The van der Waals surface area contributed by atoms with Crippen LogP contribution < -0.4 is 10.1 Å². The topological polar surface area (TPSA) is 59.4 Å². The maximum absolute atomic E-state index is 13.2. The lowest BCUT2D eigenvalue weighted by molar-refractivity contribution is -0.117. The summed E-state index contributed by atoms with van der Waals surface area (Å²) >= 11 is 0. The van der Waals surface area contributed by atoms with Gasteiger partial charge in [0.1, 0.15) is 24.0 Å². The Morgan fingerprint density at radius 1 is 1.17 bits per heavy atom. The number of ether oxygens (including phenoxy) is 1. The molecule has 0 spiro atoms. The third kappa shape index (κ3) is 5.89. The summed E-state index contributed by atoms with van der Waals surface area (Å²) in [7, 11) is 1.86. The molecular weight excluding hydrogens is 371 g/mol. The highest BCUT2D eigenvalue weighted by molar-refractivity contribution is 5.91. The van der Waals surface area contributed by atoms with Crippen molar-refractivity contribution >= 4 is 11.7 Å². The van der Waals surface area contributed by atoms with Crippen molar-refractivity contribution in [2.45, 2.75) is 13.8 Å². The van der Waals surface area contributed by atoms with E-state index in [1.807, 2.05) is 50.1 Å². The van der Waals surface area contributed by atoms with Crippen LogP contribution in [0.15, 0.2) is 54.6 Å². The Balaban J connectivity index is 1.53. The van der Waals surface area contributed by atoms with E-state index >= 15 is 0 Å². The minimum Gasteiger partial charge on any atom is -0.492 e. The Morgan fingerprint density at radius 2 is 1.93 bits per heavy atom. The van der Waals surface area contributed by atoms with Gasteiger partial charge in [0.25, 0.3) is 0 Å². The van der Waals surface area contributed by atoms with Gasteiger partial charge in [0.15, 0.2) is 0 Å². The molecule has 152 valence electrons. The molecular formula is C22H25FN4O2. The van der Waals surface area contributed by atoms with Gasteiger partial charge >= 0.3 is 0 Å². The van der Waals surface area contributed by atoms with Crippen molar-refractivity contribution in [3.05, 3.63) is 71.7 Å². The number of amides is 1. The zero-order valence-corrected chi connectivity index (χ0v) is 16.9. The van der Waals surface area contributed by atoms with Gasteiger partial charge in [-0.2, -0.15) is 5.10 Å². The van der Waals surface area contributed by atoms with Crippen LogP contribution in [0.4, 0.5) is 10.2 Å². The average molecular weight is 396 g/mol. The molecule has 0 bridgehead atoms. The molecule has 0 aliphatic heterocycles. The molecule has 3 aromatic rings. The second-order valence-corrected chi connectivity index (χ2v) is 7.01. The summed E-state index contributed by atoms with van der Waals surface area (Å²) in [5.74, 6) is 0.883. The van der Waals surface area contributed by atoms with Gasteiger partial charge in [0.05, 0.1) is 17.9 Å². The molecule has 0 fully saturated rings. The fraction of sp³-hybridized carbons (Fsp3) is 0.273. The molecule has 1 heterocycles. The number of nitrogens with zero attached hydrogens (tertiary/aromatic N) is 3. The first-order chi connectivity index (χ1) is 13.9. The second-order valence-electron chi connectivity index (χ2n) is 7.01. The number of hydrogen-bond donors (Lipinski definition) is 1. The van der Waals surface area contributed by atoms with Gasteiger partial charge in [-0.15, -0.1) is 0 Å². The highest BCUT2D eigenvalue weighted by atomic mass is 19.1. The number of aromatic nitrogens is 2. The number of carbonyl (C=O) groups excluding carboxylic acids is 1. The molecule has 0 saturated carbocycles. The average Bonchev–Trinajstić information content (AvgIpc) is 3.02. The summed E-state index contributed by atoms with van der Waals surface area (Å²) in [6, 6.07) is 15.6. The van der Waals surface area contributed by atoms with Crippen molar-refractivity contribution in [1.82, 2.24) is 14.7 Å². The lowest BCUT2D eigenvalue weighted by Gasteiger charge is -2.17. The second kappa shape index (κ2) is 9.34. The van der Waals surface area contributed by atoms with Gasteiger partial charge in [-0.1, -0.05) is 12.1 Å². The van der Waals surface area contributed by atoms with Crippen molar-refractivity contribution in [3.8, 4) is 11.4 Å². The number of nitrogens with one attached hydrogen (secondary N) is 1. The number of aryl methyl sites for hydroxylation is 2. The molecule has 7 heteroatoms. The molecule has 0 unspecified atom stereocenters. The quantitative estimate of drug-likeness (QED) is 0.632. The van der Waals surface area contributed by atoms with Gasteiger partial charge in [-0.05, 0) is 62.9 Å². The number of likely N-dealkylation sites (N-methyl/N-ethyl adjacent to an activating group) is 1. The van der Waals surface area contributed by atoms with Crippen LogP contribution in [0, 0.1) is 19.7 Å². The lowest BCUT2D eigenvalue weighted by Crippen LogP contribution is -2.33. The normalized spacial score (nSPS) is 10.9. The Bertz CT molecular complexity index is 969. The van der Waals surface area contributed by atoms with Gasteiger partial charge < -0.3 is 10.1 Å². The molecule has 0 atom stereocenters. The summed E-state index contributed by atoms with van der Waals surface area (Å²) in [5, 5.41) is 7.26. The van der Waals surface area contributed by atoms with Crippen molar-refractivity contribution in [3.63, 3.8) is 0 Å². The lowest BCUT2D eigenvalue weighted by atomic mass is 10.2. The highest BCUT2D eigenvalue weighted by Crippen LogP contribution is 2.17. The predicted octanol–water partition coefficient (Wildman–Crippen LogP) is 3.58. The van der Waals surface area contributed by atoms with Crippen LogP contribution in [-0.4, -0.2) is 47.3 Å². The van der Waals surface area contributed by atoms with E-state index in [0.29, 0.717) is 24.7 Å². The van der Waals surface area contributed by atoms with Crippen molar-refractivity contribution < 1.29 is 13.9 Å². The van der Waals surface area contributed by atoms with Gasteiger partial charge in [-0.25, -0.2) is 9.07 Å². The molecule has 0 aliphatic carbocycles. The highest BCUT2D eigenvalue weighted by Gasteiger charge is 2.13. The van der Waals surface area contributed by atoms with Crippen LogP contribution in [0.5, 0.6) is 5.75 Å². The Labute approximate surface area is 169 Å². The number of benzene rings is 2. The monoisotopic (exact) mass is 396 g/mol. The van der Waals surface area contributed by atoms with E-state index in [2.05, 4.69) is 10.4 Å². The number of hydrogen-bond acceptors (Lipinski definition) is 4. The Morgan fingerprint density at radius 3 is 2.66 bits per heavy atom. The van der Waals surface area contributed by atoms with E-state index in [1.54, 1.807) is 22.9 Å². The van der Waals surface area contributed by atoms with Crippen LogP contribution >= 0.6 is 0 Å². The fourth-order valence-electron chi connectivity index (χ4n) is 2.90. The first kappa shape index (κ1) is 20.5. The van der Waals surface area contributed by atoms with E-state index in [4.69, 9.17) is 4.74 Å². The van der Waals surface area contributed by atoms with Crippen molar-refractivity contribution in [2.75, 3.05) is 32.1 Å². The molecule has 6 nitrogen and oxygen atoms in total. The Kier molecular flexibility index (Phi) is 6.61. The molecule has 0 aliphatic rings.